The van der Waals surface area contributed by atoms with Gasteiger partial charge < -0.3 is 14.8 Å². The summed E-state index contributed by atoms with van der Waals surface area (Å²) in [5.74, 6) is 0.124. The van der Waals surface area contributed by atoms with Crippen LogP contribution >= 0.6 is 0 Å². The number of hydrogen-bond acceptors (Lipinski definition) is 6. The maximum absolute atomic E-state index is 13.2. The minimum atomic E-state index is -0.309. The van der Waals surface area contributed by atoms with E-state index in [0.717, 1.165) is 29.0 Å². The highest BCUT2D eigenvalue weighted by Crippen LogP contribution is 2.31. The van der Waals surface area contributed by atoms with E-state index >= 15 is 0 Å². The summed E-state index contributed by atoms with van der Waals surface area (Å²) in [5.41, 5.74) is 3.57. The largest absolute Gasteiger partial charge is 0.497 e. The predicted molar refractivity (Wildman–Crippen MR) is 132 cm³/mol. The molecular formula is C27H32N2O5. The van der Waals surface area contributed by atoms with E-state index < -0.39 is 0 Å². The van der Waals surface area contributed by atoms with E-state index in [-0.39, 0.29) is 42.5 Å². The summed E-state index contributed by atoms with van der Waals surface area (Å²) >= 11 is 0. The van der Waals surface area contributed by atoms with E-state index in [4.69, 9.17) is 14.5 Å². The van der Waals surface area contributed by atoms with Crippen LogP contribution in [-0.4, -0.2) is 42.6 Å². The quantitative estimate of drug-likeness (QED) is 0.404. The molecule has 0 spiro atoms. The van der Waals surface area contributed by atoms with Crippen LogP contribution in [0.4, 0.5) is 5.69 Å². The first-order valence-corrected chi connectivity index (χ1v) is 11.6. The van der Waals surface area contributed by atoms with Crippen molar-refractivity contribution in [3.05, 3.63) is 59.2 Å². The number of hydrogen-bond donors (Lipinski definition) is 1. The number of anilines is 1. The first-order valence-electron chi connectivity index (χ1n) is 11.6. The average Bonchev–Trinajstić information content (AvgIpc) is 2.78. The molecule has 0 saturated heterocycles. The third-order valence-corrected chi connectivity index (χ3v) is 5.57. The van der Waals surface area contributed by atoms with Gasteiger partial charge in [0.25, 0.3) is 0 Å². The molecule has 7 nitrogen and oxygen atoms in total. The Hall–Kier alpha value is -3.48. The van der Waals surface area contributed by atoms with Crippen LogP contribution in [0.25, 0.3) is 0 Å². The predicted octanol–water partition coefficient (Wildman–Crippen LogP) is 4.76. The second-order valence-corrected chi connectivity index (χ2v) is 8.96. The molecule has 0 aromatic heterocycles. The molecule has 3 rings (SSSR count). The molecule has 1 N–H and O–H groups in total. The Morgan fingerprint density at radius 2 is 1.88 bits per heavy atom. The van der Waals surface area contributed by atoms with Gasteiger partial charge in [-0.2, -0.15) is 0 Å². The third kappa shape index (κ3) is 6.76. The van der Waals surface area contributed by atoms with Gasteiger partial charge in [-0.15, -0.1) is 0 Å². The molecule has 1 aliphatic rings. The van der Waals surface area contributed by atoms with E-state index in [1.54, 1.807) is 38.3 Å². The molecule has 34 heavy (non-hydrogen) atoms. The molecule has 2 aromatic carbocycles. The van der Waals surface area contributed by atoms with Crippen molar-refractivity contribution in [3.63, 3.8) is 0 Å². The number of aliphatic imine (C=N–C) groups is 1. The number of nitrogens with zero attached hydrogens (tertiary/aromatic N) is 1. The van der Waals surface area contributed by atoms with Crippen LogP contribution in [-0.2, 0) is 20.7 Å². The number of esters is 1. The number of methoxy groups -OCH3 is 1. The van der Waals surface area contributed by atoms with Crippen LogP contribution in [0.3, 0.4) is 0 Å². The van der Waals surface area contributed by atoms with Gasteiger partial charge in [-0.3, -0.25) is 19.4 Å². The average molecular weight is 465 g/mol. The Labute approximate surface area is 200 Å². The Bertz CT molecular complexity index is 1100. The summed E-state index contributed by atoms with van der Waals surface area (Å²) in [4.78, 5) is 41.7. The van der Waals surface area contributed by atoms with Crippen molar-refractivity contribution in [2.24, 2.45) is 4.99 Å². The zero-order valence-electron chi connectivity index (χ0n) is 20.3. The monoisotopic (exact) mass is 464 g/mol. The molecule has 2 aromatic rings. The summed E-state index contributed by atoms with van der Waals surface area (Å²) in [5, 5.41) is 2.80. The molecule has 0 aliphatic carbocycles. The van der Waals surface area contributed by atoms with Crippen molar-refractivity contribution in [2.75, 3.05) is 19.0 Å². The van der Waals surface area contributed by atoms with Crippen molar-refractivity contribution in [1.29, 1.82) is 0 Å². The zero-order valence-corrected chi connectivity index (χ0v) is 20.3. The lowest BCUT2D eigenvalue weighted by molar-refractivity contribution is -0.143. The van der Waals surface area contributed by atoms with Crippen molar-refractivity contribution < 1.29 is 23.9 Å². The summed E-state index contributed by atoms with van der Waals surface area (Å²) in [6.45, 7) is 6.19. The highest BCUT2D eigenvalue weighted by Gasteiger charge is 2.28. The molecule has 180 valence electrons. The number of nitrogens with one attached hydrogen (secondary N) is 1. The smallest absolute Gasteiger partial charge is 0.305 e. The van der Waals surface area contributed by atoms with E-state index in [2.05, 4.69) is 19.2 Å². The van der Waals surface area contributed by atoms with Crippen LogP contribution in [0.1, 0.15) is 67.9 Å². The Balaban J connectivity index is 1.68. The third-order valence-electron chi connectivity index (χ3n) is 5.57. The summed E-state index contributed by atoms with van der Waals surface area (Å²) < 4.78 is 10.2. The highest BCUT2D eigenvalue weighted by atomic mass is 16.5. The van der Waals surface area contributed by atoms with E-state index in [0.29, 0.717) is 24.3 Å². The fourth-order valence-electron chi connectivity index (χ4n) is 4.05. The van der Waals surface area contributed by atoms with Crippen molar-refractivity contribution in [3.8, 4) is 5.75 Å². The molecule has 1 heterocycles. The zero-order chi connectivity index (χ0) is 24.7. The Morgan fingerprint density at radius 3 is 2.62 bits per heavy atom. The first-order chi connectivity index (χ1) is 16.2. The molecule has 7 heteroatoms. The maximum Gasteiger partial charge on any atom is 0.305 e. The Kier molecular flexibility index (Phi) is 8.21. The first kappa shape index (κ1) is 25.1. The number of fused-ring (bicyclic) bond motifs is 1. The van der Waals surface area contributed by atoms with Crippen LogP contribution in [0.2, 0.25) is 0 Å². The summed E-state index contributed by atoms with van der Waals surface area (Å²) in [6, 6.07) is 12.8. The highest BCUT2D eigenvalue weighted by molar-refractivity contribution is 6.17. The normalized spacial score (nSPS) is 13.9. The molecule has 0 unspecified atom stereocenters. The van der Waals surface area contributed by atoms with Gasteiger partial charge in [0.15, 0.2) is 5.78 Å². The van der Waals surface area contributed by atoms with Gasteiger partial charge in [-0.25, -0.2) is 0 Å². The Morgan fingerprint density at radius 1 is 1.09 bits per heavy atom. The van der Waals surface area contributed by atoms with Crippen LogP contribution in [0.15, 0.2) is 47.5 Å². The minimum Gasteiger partial charge on any atom is -0.497 e. The van der Waals surface area contributed by atoms with E-state index in [9.17, 15) is 14.4 Å². The standard InChI is InChI=1S/C27H32N2O5/c1-5-34-26(32)11-7-10-25(31)28-20-9-6-8-18(14-20)24(30)16-23-22-15-21(33-4)13-12-19(22)17-27(2,3)29-23/h6,8-9,12-15H,5,7,10-11,16-17H2,1-4H3,(H,28,31). The fourth-order valence-corrected chi connectivity index (χ4v) is 4.05. The number of benzene rings is 2. The second kappa shape index (κ2) is 11.1. The number of amides is 1. The molecule has 1 amide bonds. The molecule has 1 aliphatic heterocycles. The SMILES string of the molecule is CCOC(=O)CCCC(=O)Nc1cccc(C(=O)CC2=NC(C)(C)Cc3ccc(OC)cc32)c1. The molecule has 0 atom stereocenters. The fraction of sp³-hybridized carbons (Fsp3) is 0.407. The maximum atomic E-state index is 13.2. The lowest BCUT2D eigenvalue weighted by atomic mass is 9.85. The van der Waals surface area contributed by atoms with Gasteiger partial charge in [-0.05, 0) is 63.4 Å². The van der Waals surface area contributed by atoms with Crippen LogP contribution in [0, 0.1) is 0 Å². The molecule has 0 fully saturated rings. The van der Waals surface area contributed by atoms with Crippen LogP contribution < -0.4 is 10.1 Å². The van der Waals surface area contributed by atoms with Crippen molar-refractivity contribution in [1.82, 2.24) is 0 Å². The number of Topliss-reactive ketones (excluding diaryl/α,β-unsaturated/α-hetero) is 1. The minimum absolute atomic E-state index is 0.0800. The molecule has 0 saturated carbocycles. The number of carbonyl (C=O) groups excluding carboxylic acids is 3. The van der Waals surface area contributed by atoms with Gasteiger partial charge in [-0.1, -0.05) is 18.2 Å². The lowest BCUT2D eigenvalue weighted by Crippen LogP contribution is -2.30. The lowest BCUT2D eigenvalue weighted by Gasteiger charge is -2.29. The summed E-state index contributed by atoms with van der Waals surface area (Å²) in [7, 11) is 1.62. The van der Waals surface area contributed by atoms with Crippen molar-refractivity contribution in [2.45, 2.75) is 58.4 Å². The number of ether oxygens (including phenoxy) is 2. The van der Waals surface area contributed by atoms with Crippen molar-refractivity contribution >= 4 is 29.1 Å². The van der Waals surface area contributed by atoms with Gasteiger partial charge in [0.1, 0.15) is 5.75 Å². The molecule has 0 radical (unpaired) electrons. The number of ketones is 1. The van der Waals surface area contributed by atoms with Crippen LogP contribution in [0.5, 0.6) is 5.75 Å². The van der Waals surface area contributed by atoms with Gasteiger partial charge in [0.2, 0.25) is 5.91 Å². The molecular weight excluding hydrogens is 432 g/mol. The van der Waals surface area contributed by atoms with Gasteiger partial charge in [0, 0.05) is 29.7 Å². The van der Waals surface area contributed by atoms with Gasteiger partial charge in [0.05, 0.1) is 31.4 Å². The van der Waals surface area contributed by atoms with E-state index in [1.165, 1.54) is 0 Å². The van der Waals surface area contributed by atoms with E-state index in [1.807, 2.05) is 18.2 Å². The van der Waals surface area contributed by atoms with Gasteiger partial charge >= 0.3 is 5.97 Å². The number of carbonyl (C=O) groups is 3. The topological polar surface area (TPSA) is 94.1 Å². The summed E-state index contributed by atoms with van der Waals surface area (Å²) in [6.07, 6.45) is 1.75. The molecule has 0 bridgehead atoms. The number of rotatable bonds is 10. The second-order valence-electron chi connectivity index (χ2n) is 8.96.